The second-order valence-electron chi connectivity index (χ2n) is 6.77. The summed E-state index contributed by atoms with van der Waals surface area (Å²) in [4.78, 5) is 60.7. The van der Waals surface area contributed by atoms with Crippen LogP contribution in [0.15, 0.2) is 53.5 Å². The van der Waals surface area contributed by atoms with Gasteiger partial charge in [-0.25, -0.2) is 24.0 Å². The number of hydrogen-bond acceptors (Lipinski definition) is 12. The van der Waals surface area contributed by atoms with E-state index in [1.807, 2.05) is 0 Å². The molecule has 0 aliphatic carbocycles. The highest BCUT2D eigenvalue weighted by Crippen LogP contribution is 2.13. The molecule has 0 aliphatic heterocycles. The summed E-state index contributed by atoms with van der Waals surface area (Å²) in [6, 6.07) is 11.2. The molecule has 0 heterocycles. The molecule has 0 saturated heterocycles. The van der Waals surface area contributed by atoms with Gasteiger partial charge in [-0.2, -0.15) is 4.99 Å². The van der Waals surface area contributed by atoms with Crippen LogP contribution in [0.4, 0.5) is 5.69 Å². The first kappa shape index (κ1) is 27.2. The fourth-order valence-electron chi connectivity index (χ4n) is 2.51. The van der Waals surface area contributed by atoms with Crippen LogP contribution in [-0.4, -0.2) is 56.4 Å². The van der Waals surface area contributed by atoms with E-state index in [1.165, 1.54) is 60.9 Å². The molecular formula is C24H20N2O10. The first-order valence-electron chi connectivity index (χ1n) is 10.4. The van der Waals surface area contributed by atoms with E-state index in [9.17, 15) is 24.0 Å². The number of nitriles is 1. The predicted molar refractivity (Wildman–Crippen MR) is 119 cm³/mol. The molecule has 0 atom stereocenters. The highest BCUT2D eigenvalue weighted by atomic mass is 16.6. The van der Waals surface area contributed by atoms with Gasteiger partial charge in [0.2, 0.25) is 6.08 Å². The number of ether oxygens (including phenoxy) is 5. The van der Waals surface area contributed by atoms with Crippen LogP contribution in [0.5, 0.6) is 5.75 Å². The van der Waals surface area contributed by atoms with Gasteiger partial charge in [-0.1, -0.05) is 0 Å². The molecule has 0 radical (unpaired) electrons. The molecule has 12 nitrogen and oxygen atoms in total. The molecule has 186 valence electrons. The molecule has 0 saturated carbocycles. The topological polar surface area (TPSA) is 168 Å². The second-order valence-corrected chi connectivity index (χ2v) is 6.77. The van der Waals surface area contributed by atoms with Crippen molar-refractivity contribution in [3.63, 3.8) is 0 Å². The molecule has 0 aliphatic rings. The zero-order valence-electron chi connectivity index (χ0n) is 18.8. The quantitative estimate of drug-likeness (QED) is 0.0997. The Kier molecular flexibility index (Phi) is 11.3. The third-order valence-corrected chi connectivity index (χ3v) is 4.24. The summed E-state index contributed by atoms with van der Waals surface area (Å²) in [5.41, 5.74) is 0.661. The smallest absolute Gasteiger partial charge is 0.344 e. The van der Waals surface area contributed by atoms with E-state index in [0.29, 0.717) is 18.5 Å². The van der Waals surface area contributed by atoms with E-state index in [1.54, 1.807) is 0 Å². The van der Waals surface area contributed by atoms with Gasteiger partial charge in [-0.3, -0.25) is 0 Å². The molecule has 0 unspecified atom stereocenters. The lowest BCUT2D eigenvalue weighted by molar-refractivity contribution is -0.149. The number of aliphatic imine (C=N–C) groups is 1. The summed E-state index contributed by atoms with van der Waals surface area (Å²) in [7, 11) is 0. The standard InChI is InChI=1S/C24H20N2O10/c25-15-36-20-9-5-18(6-10-20)24(31)35-14-22(29)33-12-2-1-11-32-21(28)13-34-23(30)17-3-7-19(8-4-17)26-16-27/h3-10H,1-2,11-14H2. The van der Waals surface area contributed by atoms with Crippen molar-refractivity contribution in [3.05, 3.63) is 59.7 Å². The van der Waals surface area contributed by atoms with Gasteiger partial charge in [0.05, 0.1) is 30.0 Å². The maximum atomic E-state index is 11.9. The van der Waals surface area contributed by atoms with Crippen molar-refractivity contribution >= 4 is 35.6 Å². The molecule has 0 spiro atoms. The van der Waals surface area contributed by atoms with E-state index in [2.05, 4.69) is 9.73 Å². The fourth-order valence-corrected chi connectivity index (χ4v) is 2.51. The Bertz CT molecular complexity index is 1150. The molecular weight excluding hydrogens is 476 g/mol. The van der Waals surface area contributed by atoms with E-state index < -0.39 is 37.1 Å². The largest absolute Gasteiger partial charge is 0.463 e. The van der Waals surface area contributed by atoms with Gasteiger partial charge in [-0.15, -0.1) is 5.26 Å². The lowest BCUT2D eigenvalue weighted by Gasteiger charge is -2.08. The third-order valence-electron chi connectivity index (χ3n) is 4.24. The number of rotatable bonds is 13. The Morgan fingerprint density at radius 2 is 1.19 bits per heavy atom. The zero-order valence-corrected chi connectivity index (χ0v) is 18.8. The van der Waals surface area contributed by atoms with Gasteiger partial charge in [-0.05, 0) is 61.4 Å². The van der Waals surface area contributed by atoms with Crippen molar-refractivity contribution in [1.82, 2.24) is 0 Å². The molecule has 2 aromatic carbocycles. The van der Waals surface area contributed by atoms with Gasteiger partial charge in [0.15, 0.2) is 13.2 Å². The molecule has 0 amide bonds. The van der Waals surface area contributed by atoms with Gasteiger partial charge in [0.25, 0.3) is 6.26 Å². The summed E-state index contributed by atoms with van der Waals surface area (Å²) >= 11 is 0. The average molecular weight is 496 g/mol. The maximum Gasteiger partial charge on any atom is 0.344 e. The van der Waals surface area contributed by atoms with E-state index in [0.717, 1.165) is 0 Å². The molecule has 2 rings (SSSR count). The lowest BCUT2D eigenvalue weighted by atomic mass is 10.2. The number of isocyanates is 1. The summed E-state index contributed by atoms with van der Waals surface area (Å²) < 4.78 is 24.1. The van der Waals surface area contributed by atoms with Crippen molar-refractivity contribution in [2.75, 3.05) is 26.4 Å². The van der Waals surface area contributed by atoms with Gasteiger partial charge < -0.3 is 23.7 Å². The summed E-state index contributed by atoms with van der Waals surface area (Å²) in [6.07, 6.45) is 3.63. The molecule has 0 fully saturated rings. The number of hydrogen-bond donors (Lipinski definition) is 0. The number of carbonyl (C=O) groups excluding carboxylic acids is 5. The molecule has 12 heteroatoms. The third kappa shape index (κ3) is 9.86. The monoisotopic (exact) mass is 496 g/mol. The van der Waals surface area contributed by atoms with Crippen molar-refractivity contribution < 1.29 is 47.7 Å². The minimum atomic E-state index is -0.748. The van der Waals surface area contributed by atoms with Crippen LogP contribution in [0.3, 0.4) is 0 Å². The lowest BCUT2D eigenvalue weighted by Crippen LogP contribution is -2.18. The molecule has 36 heavy (non-hydrogen) atoms. The Labute approximate surface area is 205 Å². The normalized spacial score (nSPS) is 9.64. The number of esters is 4. The van der Waals surface area contributed by atoms with Crippen molar-refractivity contribution in [3.8, 4) is 12.0 Å². The van der Waals surface area contributed by atoms with Crippen LogP contribution in [-0.2, 0) is 33.3 Å². The summed E-state index contributed by atoms with van der Waals surface area (Å²) in [5, 5.41) is 8.42. The fraction of sp³-hybridized carbons (Fsp3) is 0.250. The van der Waals surface area contributed by atoms with Gasteiger partial charge in [0, 0.05) is 0 Å². The Hall–Kier alpha value is -5.01. The van der Waals surface area contributed by atoms with Crippen LogP contribution in [0, 0.1) is 11.5 Å². The predicted octanol–water partition coefficient (Wildman–Crippen LogP) is 2.39. The minimum absolute atomic E-state index is 0.0207. The highest BCUT2D eigenvalue weighted by molar-refractivity contribution is 5.91. The number of carbonyl (C=O) groups is 4. The molecule has 0 N–H and O–H groups in total. The number of nitrogens with zero attached hydrogens (tertiary/aromatic N) is 2. The van der Waals surface area contributed by atoms with E-state index in [-0.39, 0.29) is 30.1 Å². The van der Waals surface area contributed by atoms with Crippen molar-refractivity contribution in [2.45, 2.75) is 12.8 Å². The highest BCUT2D eigenvalue weighted by Gasteiger charge is 2.13. The first-order valence-corrected chi connectivity index (χ1v) is 10.4. The Morgan fingerprint density at radius 1 is 0.722 bits per heavy atom. The van der Waals surface area contributed by atoms with E-state index >= 15 is 0 Å². The van der Waals surface area contributed by atoms with Crippen LogP contribution in [0.1, 0.15) is 33.6 Å². The van der Waals surface area contributed by atoms with Gasteiger partial charge in [0.1, 0.15) is 5.75 Å². The average Bonchev–Trinajstić information content (AvgIpc) is 2.89. The Morgan fingerprint density at radius 3 is 1.64 bits per heavy atom. The summed E-state index contributed by atoms with van der Waals surface area (Å²) in [5.74, 6) is -2.72. The van der Waals surface area contributed by atoms with E-state index in [4.69, 9.17) is 24.2 Å². The second kappa shape index (κ2) is 15.0. The first-order chi connectivity index (χ1) is 17.4. The number of unbranched alkanes of at least 4 members (excludes halogenated alkanes) is 1. The summed E-state index contributed by atoms with van der Waals surface area (Å²) in [6.45, 7) is -1.12. The van der Waals surface area contributed by atoms with Gasteiger partial charge >= 0.3 is 23.9 Å². The van der Waals surface area contributed by atoms with Crippen molar-refractivity contribution in [1.29, 1.82) is 5.26 Å². The van der Waals surface area contributed by atoms with Crippen LogP contribution < -0.4 is 4.74 Å². The zero-order chi connectivity index (χ0) is 26.2. The van der Waals surface area contributed by atoms with Crippen LogP contribution in [0.2, 0.25) is 0 Å². The molecule has 0 aromatic heterocycles. The molecule has 0 bridgehead atoms. The number of benzene rings is 2. The maximum absolute atomic E-state index is 11.9. The van der Waals surface area contributed by atoms with Crippen LogP contribution in [0.25, 0.3) is 0 Å². The van der Waals surface area contributed by atoms with Crippen molar-refractivity contribution in [2.24, 2.45) is 4.99 Å². The minimum Gasteiger partial charge on any atom is -0.463 e. The molecule has 2 aromatic rings. The Balaban J connectivity index is 1.53. The SMILES string of the molecule is N#COc1ccc(C(=O)OCC(=O)OCCCCOC(=O)COC(=O)c2ccc(N=C=O)cc2)cc1. The van der Waals surface area contributed by atoms with Crippen LogP contribution >= 0.6 is 0 Å².